The average molecular weight is 369 g/mol. The molecule has 0 aliphatic carbocycles. The Morgan fingerprint density at radius 1 is 1.22 bits per heavy atom. The van der Waals surface area contributed by atoms with Crippen molar-refractivity contribution in [3.63, 3.8) is 0 Å². The third-order valence-corrected chi connectivity index (χ3v) is 4.04. The first-order chi connectivity index (χ1) is 12.7. The molecule has 1 N–H and O–H groups in total. The van der Waals surface area contributed by atoms with Crippen molar-refractivity contribution in [2.45, 2.75) is 45.9 Å². The minimum absolute atomic E-state index is 0.323. The zero-order valence-electron chi connectivity index (χ0n) is 16.0. The number of carbonyl (C=O) groups is 1. The van der Waals surface area contributed by atoms with Gasteiger partial charge in [0, 0.05) is 6.54 Å². The van der Waals surface area contributed by atoms with Crippen LogP contribution in [0.5, 0.6) is 0 Å². The van der Waals surface area contributed by atoms with Crippen LogP contribution in [0.3, 0.4) is 0 Å². The van der Waals surface area contributed by atoms with E-state index in [1.54, 1.807) is 6.07 Å². The van der Waals surface area contributed by atoms with Crippen molar-refractivity contribution in [3.05, 3.63) is 65.7 Å². The number of nitrogens with zero attached hydrogens (tertiary/aromatic N) is 2. The first kappa shape index (κ1) is 18.9. The lowest BCUT2D eigenvalue weighted by atomic mass is 10.2. The minimum Gasteiger partial charge on any atom is -0.444 e. The number of nitrogens with one attached hydrogen (secondary N) is 1. The van der Waals surface area contributed by atoms with Crippen LogP contribution in [-0.2, 0) is 11.3 Å². The van der Waals surface area contributed by atoms with Crippen LogP contribution in [0.4, 0.5) is 9.18 Å². The van der Waals surface area contributed by atoms with E-state index in [0.29, 0.717) is 23.4 Å². The molecule has 2 aromatic carbocycles. The molecular weight excluding hydrogens is 345 g/mol. The van der Waals surface area contributed by atoms with Crippen molar-refractivity contribution in [1.29, 1.82) is 0 Å². The number of halogens is 1. The Kier molecular flexibility index (Phi) is 5.17. The second-order valence-corrected chi connectivity index (χ2v) is 7.54. The number of benzene rings is 2. The number of aromatic nitrogens is 2. The Balaban J connectivity index is 1.96. The van der Waals surface area contributed by atoms with Crippen molar-refractivity contribution in [2.24, 2.45) is 0 Å². The summed E-state index contributed by atoms with van der Waals surface area (Å²) in [7, 11) is 0. The molecule has 27 heavy (non-hydrogen) atoms. The zero-order chi connectivity index (χ0) is 19.6. The molecule has 5 nitrogen and oxygen atoms in total. The maximum absolute atomic E-state index is 13.8. The lowest BCUT2D eigenvalue weighted by Crippen LogP contribution is -2.35. The highest BCUT2D eigenvalue weighted by molar-refractivity contribution is 5.76. The number of ether oxygens (including phenoxy) is 1. The number of imidazole rings is 1. The van der Waals surface area contributed by atoms with Gasteiger partial charge in [0.05, 0.1) is 17.1 Å². The number of carbonyl (C=O) groups excluding carboxylic acids is 1. The third kappa shape index (κ3) is 4.64. The van der Waals surface area contributed by atoms with E-state index in [-0.39, 0.29) is 5.82 Å². The summed E-state index contributed by atoms with van der Waals surface area (Å²) in [5.74, 6) is 0.321. The number of alkyl carbamates (subject to hydrolysis) is 1. The van der Waals surface area contributed by atoms with Crippen molar-refractivity contribution < 1.29 is 13.9 Å². The summed E-state index contributed by atoms with van der Waals surface area (Å²) in [6, 6.07) is 14.0. The van der Waals surface area contributed by atoms with Crippen LogP contribution < -0.4 is 5.32 Å². The number of hydrogen-bond acceptors (Lipinski definition) is 3. The van der Waals surface area contributed by atoms with Crippen LogP contribution in [-0.4, -0.2) is 21.2 Å². The SMILES string of the molecule is CC(NC(=O)OC(C)(C)C)c1nc2ccc(F)cc2n1Cc1ccccc1. The Morgan fingerprint density at radius 2 is 1.93 bits per heavy atom. The van der Waals surface area contributed by atoms with E-state index in [2.05, 4.69) is 10.3 Å². The Labute approximate surface area is 158 Å². The fraction of sp³-hybridized carbons (Fsp3) is 0.333. The molecule has 0 fully saturated rings. The van der Waals surface area contributed by atoms with Gasteiger partial charge in [0.2, 0.25) is 0 Å². The van der Waals surface area contributed by atoms with Crippen molar-refractivity contribution in [1.82, 2.24) is 14.9 Å². The number of fused-ring (bicyclic) bond motifs is 1. The van der Waals surface area contributed by atoms with Crippen LogP contribution in [0.15, 0.2) is 48.5 Å². The molecule has 0 bridgehead atoms. The molecule has 0 aliphatic rings. The van der Waals surface area contributed by atoms with Gasteiger partial charge in [-0.15, -0.1) is 0 Å². The minimum atomic E-state index is -0.586. The maximum Gasteiger partial charge on any atom is 0.408 e. The summed E-state index contributed by atoms with van der Waals surface area (Å²) in [4.78, 5) is 16.8. The monoisotopic (exact) mass is 369 g/mol. The first-order valence-corrected chi connectivity index (χ1v) is 8.92. The highest BCUT2D eigenvalue weighted by atomic mass is 19.1. The molecule has 1 heterocycles. The number of rotatable bonds is 4. The van der Waals surface area contributed by atoms with E-state index >= 15 is 0 Å². The number of hydrogen-bond donors (Lipinski definition) is 1. The summed E-state index contributed by atoms with van der Waals surface area (Å²) in [6.07, 6.45) is -0.514. The van der Waals surface area contributed by atoms with Gasteiger partial charge in [-0.1, -0.05) is 30.3 Å². The number of amides is 1. The molecule has 3 rings (SSSR count). The molecule has 142 valence electrons. The second kappa shape index (κ2) is 7.39. The van der Waals surface area contributed by atoms with Gasteiger partial charge in [0.25, 0.3) is 0 Å². The van der Waals surface area contributed by atoms with Gasteiger partial charge < -0.3 is 14.6 Å². The topological polar surface area (TPSA) is 56.1 Å². The predicted octanol–water partition coefficient (Wildman–Crippen LogP) is 4.81. The lowest BCUT2D eigenvalue weighted by Gasteiger charge is -2.22. The Bertz CT molecular complexity index is 945. The van der Waals surface area contributed by atoms with Gasteiger partial charge in [0.1, 0.15) is 17.2 Å². The Morgan fingerprint density at radius 3 is 2.59 bits per heavy atom. The summed E-state index contributed by atoms with van der Waals surface area (Å²) >= 11 is 0. The molecule has 1 atom stereocenters. The van der Waals surface area contributed by atoms with E-state index in [1.165, 1.54) is 12.1 Å². The molecule has 3 aromatic rings. The van der Waals surface area contributed by atoms with Crippen molar-refractivity contribution >= 4 is 17.1 Å². The van der Waals surface area contributed by atoms with Gasteiger partial charge >= 0.3 is 6.09 Å². The quantitative estimate of drug-likeness (QED) is 0.718. The van der Waals surface area contributed by atoms with Gasteiger partial charge in [-0.2, -0.15) is 0 Å². The van der Waals surface area contributed by atoms with E-state index in [4.69, 9.17) is 4.74 Å². The van der Waals surface area contributed by atoms with Crippen LogP contribution in [0.25, 0.3) is 11.0 Å². The fourth-order valence-corrected chi connectivity index (χ4v) is 2.93. The van der Waals surface area contributed by atoms with Gasteiger partial charge in [-0.3, -0.25) is 0 Å². The summed E-state index contributed by atoms with van der Waals surface area (Å²) in [6.45, 7) is 7.79. The largest absolute Gasteiger partial charge is 0.444 e. The predicted molar refractivity (Wildman–Crippen MR) is 103 cm³/mol. The maximum atomic E-state index is 13.8. The molecular formula is C21H24FN3O2. The van der Waals surface area contributed by atoms with Crippen LogP contribution in [0.1, 0.15) is 45.1 Å². The van der Waals surface area contributed by atoms with Crippen LogP contribution >= 0.6 is 0 Å². The van der Waals surface area contributed by atoms with Crippen molar-refractivity contribution in [3.8, 4) is 0 Å². The average Bonchev–Trinajstić information content (AvgIpc) is 2.92. The molecule has 1 amide bonds. The lowest BCUT2D eigenvalue weighted by molar-refractivity contribution is 0.0505. The molecule has 0 aliphatic heterocycles. The van der Waals surface area contributed by atoms with Crippen LogP contribution in [0.2, 0.25) is 0 Å². The second-order valence-electron chi connectivity index (χ2n) is 7.54. The fourth-order valence-electron chi connectivity index (χ4n) is 2.93. The molecule has 0 saturated carbocycles. The van der Waals surface area contributed by atoms with E-state index in [1.807, 2.05) is 62.6 Å². The third-order valence-electron chi connectivity index (χ3n) is 4.04. The summed E-state index contributed by atoms with van der Waals surface area (Å²) in [5.41, 5.74) is 1.84. The van der Waals surface area contributed by atoms with Crippen molar-refractivity contribution in [2.75, 3.05) is 0 Å². The van der Waals surface area contributed by atoms with E-state index in [0.717, 1.165) is 5.56 Å². The molecule has 1 aromatic heterocycles. The molecule has 0 saturated heterocycles. The van der Waals surface area contributed by atoms with Crippen LogP contribution in [0, 0.1) is 5.82 Å². The van der Waals surface area contributed by atoms with E-state index < -0.39 is 17.7 Å². The normalized spacial score (nSPS) is 12.8. The van der Waals surface area contributed by atoms with Gasteiger partial charge in [-0.05, 0) is 51.5 Å². The van der Waals surface area contributed by atoms with Gasteiger partial charge in [-0.25, -0.2) is 14.2 Å². The van der Waals surface area contributed by atoms with Gasteiger partial charge in [0.15, 0.2) is 0 Å². The highest BCUT2D eigenvalue weighted by Crippen LogP contribution is 2.23. The summed E-state index contributed by atoms with van der Waals surface area (Å²) in [5, 5.41) is 2.82. The summed E-state index contributed by atoms with van der Waals surface area (Å²) < 4.78 is 21.1. The zero-order valence-corrected chi connectivity index (χ0v) is 16.0. The smallest absolute Gasteiger partial charge is 0.408 e. The molecule has 0 radical (unpaired) electrons. The Hall–Kier alpha value is -2.89. The molecule has 6 heteroatoms. The highest BCUT2D eigenvalue weighted by Gasteiger charge is 2.22. The molecule has 1 unspecified atom stereocenters. The van der Waals surface area contributed by atoms with E-state index in [9.17, 15) is 9.18 Å². The standard InChI is InChI=1S/C21H24FN3O2/c1-14(23-20(26)27-21(2,3)4)19-24-17-11-10-16(22)12-18(17)25(19)13-15-8-6-5-7-9-15/h5-12,14H,13H2,1-4H3,(H,23,26). The molecule has 0 spiro atoms. The first-order valence-electron chi connectivity index (χ1n) is 8.92.